The van der Waals surface area contributed by atoms with Gasteiger partial charge in [-0.2, -0.15) is 0 Å². The van der Waals surface area contributed by atoms with E-state index in [2.05, 4.69) is 11.4 Å². The van der Waals surface area contributed by atoms with Gasteiger partial charge in [0.15, 0.2) is 0 Å². The second kappa shape index (κ2) is 5.83. The summed E-state index contributed by atoms with van der Waals surface area (Å²) < 4.78 is 5.23. The lowest BCUT2D eigenvalue weighted by Gasteiger charge is -2.34. The van der Waals surface area contributed by atoms with Gasteiger partial charge < -0.3 is 15.0 Å². The number of carbonyl (C=O) groups is 1. The molecule has 0 aliphatic carbocycles. The van der Waals surface area contributed by atoms with Crippen molar-refractivity contribution in [3.63, 3.8) is 0 Å². The number of methoxy groups -OCH3 is 1. The lowest BCUT2D eigenvalue weighted by Crippen LogP contribution is -2.47. The van der Waals surface area contributed by atoms with Gasteiger partial charge in [-0.1, -0.05) is 18.2 Å². The fourth-order valence-corrected chi connectivity index (χ4v) is 3.30. The number of piperidine rings is 1. The molecule has 1 N–H and O–H groups in total. The van der Waals surface area contributed by atoms with Crippen LogP contribution < -0.4 is 5.32 Å². The van der Waals surface area contributed by atoms with E-state index in [0.29, 0.717) is 5.92 Å². The zero-order valence-electron chi connectivity index (χ0n) is 12.0. The molecule has 1 saturated heterocycles. The van der Waals surface area contributed by atoms with E-state index < -0.39 is 0 Å². The first-order valence-electron chi connectivity index (χ1n) is 7.40. The number of likely N-dealkylation sites (tertiary alicyclic amines) is 1. The van der Waals surface area contributed by atoms with Crippen LogP contribution in [-0.2, 0) is 16.0 Å². The number of hydrogen-bond donors (Lipinski definition) is 1. The van der Waals surface area contributed by atoms with Crippen molar-refractivity contribution in [2.75, 3.05) is 32.1 Å². The predicted octanol–water partition coefficient (Wildman–Crippen LogP) is 1.91. The molecule has 2 aliphatic rings. The average Bonchev–Trinajstić information content (AvgIpc) is 2.91. The summed E-state index contributed by atoms with van der Waals surface area (Å²) in [5, 5.41) is 3.36. The molecule has 4 heteroatoms. The van der Waals surface area contributed by atoms with Gasteiger partial charge in [-0.25, -0.2) is 0 Å². The number of carbonyl (C=O) groups excluding carboxylic acids is 1. The smallest absolute Gasteiger partial charge is 0.245 e. The van der Waals surface area contributed by atoms with E-state index in [-0.39, 0.29) is 11.9 Å². The van der Waals surface area contributed by atoms with Gasteiger partial charge in [0.05, 0.1) is 6.61 Å². The molecule has 0 aromatic heterocycles. The molecule has 1 aromatic carbocycles. The van der Waals surface area contributed by atoms with Crippen molar-refractivity contribution in [3.8, 4) is 0 Å². The summed E-state index contributed by atoms with van der Waals surface area (Å²) in [6.07, 6.45) is 3.05. The summed E-state index contributed by atoms with van der Waals surface area (Å²) in [6.45, 7) is 2.47. The molecule has 1 unspecified atom stereocenters. The average molecular weight is 274 g/mol. The molecule has 1 amide bonds. The van der Waals surface area contributed by atoms with Crippen molar-refractivity contribution in [3.05, 3.63) is 29.8 Å². The van der Waals surface area contributed by atoms with Gasteiger partial charge in [-0.05, 0) is 30.4 Å². The standard InChI is InChI=1S/C16H22N2O2/c1-20-11-12-5-4-8-18(10-12)16(19)15-9-13-6-2-3-7-14(13)17-15/h2-3,6-7,12,15,17H,4-5,8-11H2,1H3/t12?,15-/m0/s1. The minimum absolute atomic E-state index is 0.0892. The Kier molecular flexibility index (Phi) is 3.92. The van der Waals surface area contributed by atoms with E-state index in [1.807, 2.05) is 23.1 Å². The van der Waals surface area contributed by atoms with Crippen molar-refractivity contribution < 1.29 is 9.53 Å². The minimum Gasteiger partial charge on any atom is -0.384 e. The van der Waals surface area contributed by atoms with Gasteiger partial charge in [0.1, 0.15) is 6.04 Å². The number of anilines is 1. The monoisotopic (exact) mass is 274 g/mol. The van der Waals surface area contributed by atoms with Crippen molar-refractivity contribution in [2.45, 2.75) is 25.3 Å². The topological polar surface area (TPSA) is 41.6 Å². The van der Waals surface area contributed by atoms with Crippen LogP contribution in [0.3, 0.4) is 0 Å². The molecule has 1 aromatic rings. The highest BCUT2D eigenvalue weighted by molar-refractivity contribution is 5.87. The van der Waals surface area contributed by atoms with Crippen LogP contribution in [0.5, 0.6) is 0 Å². The van der Waals surface area contributed by atoms with Crippen LogP contribution >= 0.6 is 0 Å². The maximum Gasteiger partial charge on any atom is 0.245 e. The Morgan fingerprint density at radius 1 is 1.45 bits per heavy atom. The van der Waals surface area contributed by atoms with Gasteiger partial charge in [0, 0.05) is 32.3 Å². The minimum atomic E-state index is -0.0892. The fourth-order valence-electron chi connectivity index (χ4n) is 3.30. The Bertz CT molecular complexity index is 462. The molecule has 0 saturated carbocycles. The van der Waals surface area contributed by atoms with E-state index in [1.165, 1.54) is 5.56 Å². The summed E-state index contributed by atoms with van der Waals surface area (Å²) in [6, 6.07) is 8.09. The van der Waals surface area contributed by atoms with Crippen LogP contribution in [0.1, 0.15) is 18.4 Å². The second-order valence-electron chi connectivity index (χ2n) is 5.81. The summed E-state index contributed by atoms with van der Waals surface area (Å²) >= 11 is 0. The van der Waals surface area contributed by atoms with Crippen LogP contribution in [-0.4, -0.2) is 43.7 Å². The first-order valence-corrected chi connectivity index (χ1v) is 7.40. The van der Waals surface area contributed by atoms with Crippen LogP contribution in [0.25, 0.3) is 0 Å². The summed E-state index contributed by atoms with van der Waals surface area (Å²) in [5.41, 5.74) is 2.35. The number of amides is 1. The van der Waals surface area contributed by atoms with Crippen LogP contribution in [0.4, 0.5) is 5.69 Å². The lowest BCUT2D eigenvalue weighted by atomic mass is 9.98. The molecule has 0 spiro atoms. The number of para-hydroxylation sites is 1. The molecule has 0 radical (unpaired) electrons. The Balaban J connectivity index is 1.63. The van der Waals surface area contributed by atoms with Crippen molar-refractivity contribution in [2.24, 2.45) is 5.92 Å². The Hall–Kier alpha value is -1.55. The third-order valence-corrected chi connectivity index (χ3v) is 4.30. The van der Waals surface area contributed by atoms with Gasteiger partial charge in [-0.15, -0.1) is 0 Å². The van der Waals surface area contributed by atoms with Crippen molar-refractivity contribution in [1.82, 2.24) is 4.90 Å². The maximum atomic E-state index is 12.6. The molecule has 1 fully saturated rings. The van der Waals surface area contributed by atoms with E-state index in [1.54, 1.807) is 7.11 Å². The molecule has 2 aliphatic heterocycles. The molecule has 3 rings (SSSR count). The largest absolute Gasteiger partial charge is 0.384 e. The number of nitrogens with zero attached hydrogens (tertiary/aromatic N) is 1. The Labute approximate surface area is 120 Å². The molecular formula is C16H22N2O2. The predicted molar refractivity (Wildman–Crippen MR) is 78.7 cm³/mol. The van der Waals surface area contributed by atoms with Crippen LogP contribution in [0, 0.1) is 5.92 Å². The number of hydrogen-bond acceptors (Lipinski definition) is 3. The van der Waals surface area contributed by atoms with E-state index in [9.17, 15) is 4.79 Å². The second-order valence-corrected chi connectivity index (χ2v) is 5.81. The van der Waals surface area contributed by atoms with E-state index in [0.717, 1.165) is 44.6 Å². The summed E-state index contributed by atoms with van der Waals surface area (Å²) in [7, 11) is 1.73. The number of ether oxygens (including phenoxy) is 1. The molecule has 108 valence electrons. The number of benzene rings is 1. The first-order chi connectivity index (χ1) is 9.78. The van der Waals surface area contributed by atoms with Crippen molar-refractivity contribution >= 4 is 11.6 Å². The fraction of sp³-hybridized carbons (Fsp3) is 0.562. The van der Waals surface area contributed by atoms with Gasteiger partial charge >= 0.3 is 0 Å². The highest BCUT2D eigenvalue weighted by Crippen LogP contribution is 2.27. The van der Waals surface area contributed by atoms with Gasteiger partial charge in [0.25, 0.3) is 0 Å². The lowest BCUT2D eigenvalue weighted by molar-refractivity contribution is -0.134. The first kappa shape index (κ1) is 13.4. The highest BCUT2D eigenvalue weighted by Gasteiger charge is 2.32. The third-order valence-electron chi connectivity index (χ3n) is 4.30. The maximum absolute atomic E-state index is 12.6. The van der Waals surface area contributed by atoms with Crippen molar-refractivity contribution in [1.29, 1.82) is 0 Å². The third kappa shape index (κ3) is 2.66. The zero-order valence-corrected chi connectivity index (χ0v) is 12.0. The SMILES string of the molecule is COCC1CCCN(C(=O)[C@@H]2Cc3ccccc3N2)C1. The van der Waals surface area contributed by atoms with Crippen LogP contribution in [0.2, 0.25) is 0 Å². The Morgan fingerprint density at radius 2 is 2.30 bits per heavy atom. The molecule has 20 heavy (non-hydrogen) atoms. The Morgan fingerprint density at radius 3 is 3.10 bits per heavy atom. The molecule has 0 bridgehead atoms. The number of rotatable bonds is 3. The van der Waals surface area contributed by atoms with E-state index >= 15 is 0 Å². The quantitative estimate of drug-likeness (QED) is 0.915. The summed E-state index contributed by atoms with van der Waals surface area (Å²) in [4.78, 5) is 14.7. The molecular weight excluding hydrogens is 252 g/mol. The molecule has 2 atom stereocenters. The number of nitrogens with one attached hydrogen (secondary N) is 1. The van der Waals surface area contributed by atoms with Gasteiger partial charge in [0.2, 0.25) is 5.91 Å². The van der Waals surface area contributed by atoms with Gasteiger partial charge in [-0.3, -0.25) is 4.79 Å². The molecule has 4 nitrogen and oxygen atoms in total. The normalized spacial score (nSPS) is 25.1. The van der Waals surface area contributed by atoms with Crippen LogP contribution in [0.15, 0.2) is 24.3 Å². The summed E-state index contributed by atoms with van der Waals surface area (Å²) in [5.74, 6) is 0.725. The van der Waals surface area contributed by atoms with E-state index in [4.69, 9.17) is 4.74 Å². The zero-order chi connectivity index (χ0) is 13.9. The number of fused-ring (bicyclic) bond motifs is 1. The molecule has 2 heterocycles. The highest BCUT2D eigenvalue weighted by atomic mass is 16.5.